The van der Waals surface area contributed by atoms with Crippen molar-refractivity contribution in [3.05, 3.63) is 29.0 Å². The first-order valence-corrected chi connectivity index (χ1v) is 10.7. The Morgan fingerprint density at radius 1 is 1.11 bits per heavy atom. The molecule has 0 spiro atoms. The monoisotopic (exact) mass is 394 g/mol. The van der Waals surface area contributed by atoms with Crippen LogP contribution in [0.15, 0.2) is 23.3 Å². The van der Waals surface area contributed by atoms with E-state index >= 15 is 0 Å². The Morgan fingerprint density at radius 2 is 1.89 bits per heavy atom. The van der Waals surface area contributed by atoms with E-state index in [1.807, 2.05) is 18.3 Å². The van der Waals surface area contributed by atoms with Crippen LogP contribution in [0.2, 0.25) is 5.15 Å². The number of nitrogens with zero attached hydrogens (tertiary/aromatic N) is 4. The fourth-order valence-corrected chi connectivity index (χ4v) is 3.30. The van der Waals surface area contributed by atoms with Crippen molar-refractivity contribution in [2.75, 3.05) is 58.9 Å². The summed E-state index contributed by atoms with van der Waals surface area (Å²) in [5.41, 5.74) is 1.17. The first kappa shape index (κ1) is 21.9. The quantitative estimate of drug-likeness (QED) is 0.276. The molecule has 1 fully saturated rings. The van der Waals surface area contributed by atoms with Crippen LogP contribution in [0.5, 0.6) is 0 Å². The van der Waals surface area contributed by atoms with E-state index in [-0.39, 0.29) is 0 Å². The van der Waals surface area contributed by atoms with Crippen molar-refractivity contribution in [2.24, 2.45) is 4.99 Å². The average molecular weight is 395 g/mol. The molecule has 0 unspecified atom stereocenters. The van der Waals surface area contributed by atoms with Crippen LogP contribution in [0.3, 0.4) is 0 Å². The Kier molecular flexibility index (Phi) is 10.5. The number of nitrogens with one attached hydrogen (secondary N) is 2. The molecule has 0 amide bonds. The second kappa shape index (κ2) is 12.9. The van der Waals surface area contributed by atoms with E-state index in [1.165, 1.54) is 51.3 Å². The number of unbranched alkanes of at least 4 members (excludes halogenated alkanes) is 1. The van der Waals surface area contributed by atoms with Crippen LogP contribution in [-0.2, 0) is 6.42 Å². The molecule has 2 heterocycles. The van der Waals surface area contributed by atoms with Crippen LogP contribution in [0.25, 0.3) is 0 Å². The van der Waals surface area contributed by atoms with Crippen LogP contribution in [0, 0.1) is 0 Å². The van der Waals surface area contributed by atoms with Crippen LogP contribution in [-0.4, -0.2) is 79.6 Å². The van der Waals surface area contributed by atoms with Crippen LogP contribution < -0.4 is 10.6 Å². The van der Waals surface area contributed by atoms with Gasteiger partial charge < -0.3 is 20.4 Å². The summed E-state index contributed by atoms with van der Waals surface area (Å²) in [6, 6.07) is 3.85. The highest BCUT2D eigenvalue weighted by atomic mass is 35.5. The lowest BCUT2D eigenvalue weighted by Crippen LogP contribution is -2.46. The van der Waals surface area contributed by atoms with Crippen molar-refractivity contribution < 1.29 is 0 Å². The van der Waals surface area contributed by atoms with Gasteiger partial charge in [-0.25, -0.2) is 4.98 Å². The average Bonchev–Trinajstić information content (AvgIpc) is 2.69. The molecule has 0 radical (unpaired) electrons. The van der Waals surface area contributed by atoms with E-state index in [0.29, 0.717) is 5.15 Å². The van der Waals surface area contributed by atoms with Gasteiger partial charge in [0.15, 0.2) is 5.96 Å². The van der Waals surface area contributed by atoms with E-state index in [4.69, 9.17) is 16.6 Å². The van der Waals surface area contributed by atoms with Crippen LogP contribution in [0.1, 0.15) is 32.3 Å². The van der Waals surface area contributed by atoms with E-state index in [1.54, 1.807) is 0 Å². The molecular weight excluding hydrogens is 360 g/mol. The molecule has 1 aliphatic rings. The number of aromatic nitrogens is 1. The molecule has 0 atom stereocenters. The first-order valence-electron chi connectivity index (χ1n) is 10.3. The minimum Gasteiger partial charge on any atom is -0.357 e. The van der Waals surface area contributed by atoms with E-state index < -0.39 is 0 Å². The highest BCUT2D eigenvalue weighted by Gasteiger charge is 2.14. The molecule has 2 N–H and O–H groups in total. The Balaban J connectivity index is 1.60. The highest BCUT2D eigenvalue weighted by molar-refractivity contribution is 6.29. The summed E-state index contributed by atoms with van der Waals surface area (Å²) in [5, 5.41) is 7.25. The standard InChI is InChI=1S/C20H35ClN6/c1-3-22-20(24-11-9-18-7-8-19(21)25-17-18)23-10-5-6-12-27-15-13-26(4-2)14-16-27/h7-8,17H,3-6,9-16H2,1-2H3,(H2,22,23,24). The minimum absolute atomic E-state index is 0.536. The van der Waals surface area contributed by atoms with E-state index in [2.05, 4.69) is 39.3 Å². The van der Waals surface area contributed by atoms with Crippen molar-refractivity contribution in [3.63, 3.8) is 0 Å². The normalized spacial score (nSPS) is 16.5. The third-order valence-electron chi connectivity index (χ3n) is 4.90. The molecule has 1 aliphatic heterocycles. The van der Waals surface area contributed by atoms with Gasteiger partial charge in [-0.15, -0.1) is 0 Å². The van der Waals surface area contributed by atoms with Crippen molar-refractivity contribution in [1.29, 1.82) is 0 Å². The van der Waals surface area contributed by atoms with E-state index in [0.717, 1.165) is 38.4 Å². The van der Waals surface area contributed by atoms with Gasteiger partial charge in [-0.3, -0.25) is 4.99 Å². The van der Waals surface area contributed by atoms with Crippen molar-refractivity contribution in [2.45, 2.75) is 33.1 Å². The predicted octanol–water partition coefficient (Wildman–Crippen LogP) is 2.25. The van der Waals surface area contributed by atoms with Gasteiger partial charge in [0.05, 0.1) is 0 Å². The summed E-state index contributed by atoms with van der Waals surface area (Å²) in [4.78, 5) is 13.9. The fraction of sp³-hybridized carbons (Fsp3) is 0.700. The highest BCUT2D eigenvalue weighted by Crippen LogP contribution is 2.05. The predicted molar refractivity (Wildman–Crippen MR) is 115 cm³/mol. The molecule has 0 saturated carbocycles. The molecule has 0 bridgehead atoms. The summed E-state index contributed by atoms with van der Waals surface area (Å²) >= 11 is 5.82. The molecule has 0 aliphatic carbocycles. The molecule has 0 aromatic carbocycles. The molecule has 6 nitrogen and oxygen atoms in total. The minimum atomic E-state index is 0.536. The number of guanidine groups is 1. The van der Waals surface area contributed by atoms with Crippen molar-refractivity contribution >= 4 is 17.6 Å². The Morgan fingerprint density at radius 3 is 2.56 bits per heavy atom. The molecule has 7 heteroatoms. The lowest BCUT2D eigenvalue weighted by molar-refractivity contribution is 0.136. The van der Waals surface area contributed by atoms with Gasteiger partial charge >= 0.3 is 0 Å². The second-order valence-electron chi connectivity index (χ2n) is 6.91. The Hall–Kier alpha value is -1.37. The summed E-state index contributed by atoms with van der Waals surface area (Å²) in [6.45, 7) is 14.1. The summed E-state index contributed by atoms with van der Waals surface area (Å²) in [6.07, 6.45) is 5.07. The maximum absolute atomic E-state index is 5.82. The second-order valence-corrected chi connectivity index (χ2v) is 7.30. The molecule has 27 heavy (non-hydrogen) atoms. The number of piperazine rings is 1. The zero-order valence-corrected chi connectivity index (χ0v) is 17.6. The van der Waals surface area contributed by atoms with E-state index in [9.17, 15) is 0 Å². The third-order valence-corrected chi connectivity index (χ3v) is 5.13. The molecular formula is C20H35ClN6. The van der Waals surface area contributed by atoms with Crippen molar-refractivity contribution in [1.82, 2.24) is 25.4 Å². The van der Waals surface area contributed by atoms with Gasteiger partial charge in [-0.05, 0) is 50.9 Å². The number of rotatable bonds is 10. The lowest BCUT2D eigenvalue weighted by Gasteiger charge is -2.33. The number of pyridine rings is 1. The molecule has 1 aromatic heterocycles. The molecule has 1 saturated heterocycles. The SMILES string of the molecule is CCNC(=NCCCCN1CCN(CC)CC1)NCCc1ccc(Cl)nc1. The summed E-state index contributed by atoms with van der Waals surface area (Å²) in [7, 11) is 0. The van der Waals surface area contributed by atoms with Crippen LogP contribution in [0.4, 0.5) is 0 Å². The van der Waals surface area contributed by atoms with Gasteiger partial charge in [-0.2, -0.15) is 0 Å². The van der Waals surface area contributed by atoms with Gasteiger partial charge in [0.25, 0.3) is 0 Å². The molecule has 1 aromatic rings. The summed E-state index contributed by atoms with van der Waals surface area (Å²) < 4.78 is 0. The fourth-order valence-electron chi connectivity index (χ4n) is 3.19. The first-order chi connectivity index (χ1) is 13.2. The number of hydrogen-bond donors (Lipinski definition) is 2. The lowest BCUT2D eigenvalue weighted by atomic mass is 10.2. The zero-order valence-electron chi connectivity index (χ0n) is 16.9. The van der Waals surface area contributed by atoms with Crippen molar-refractivity contribution in [3.8, 4) is 0 Å². The number of aliphatic imine (C=N–C) groups is 1. The smallest absolute Gasteiger partial charge is 0.191 e. The number of likely N-dealkylation sites (N-methyl/N-ethyl adjacent to an activating group) is 1. The zero-order chi connectivity index (χ0) is 19.3. The molecule has 2 rings (SSSR count). The number of hydrogen-bond acceptors (Lipinski definition) is 4. The Bertz CT molecular complexity index is 540. The number of halogens is 1. The topological polar surface area (TPSA) is 55.8 Å². The largest absolute Gasteiger partial charge is 0.357 e. The van der Waals surface area contributed by atoms with Gasteiger partial charge in [-0.1, -0.05) is 24.6 Å². The molecule has 152 valence electrons. The Labute approximate surface area is 169 Å². The third kappa shape index (κ3) is 8.91. The van der Waals surface area contributed by atoms with Crippen LogP contribution >= 0.6 is 11.6 Å². The maximum Gasteiger partial charge on any atom is 0.191 e. The van der Waals surface area contributed by atoms with Gasteiger partial charge in [0, 0.05) is 52.0 Å². The van der Waals surface area contributed by atoms with Gasteiger partial charge in [0.1, 0.15) is 5.15 Å². The summed E-state index contributed by atoms with van der Waals surface area (Å²) in [5.74, 6) is 0.899. The maximum atomic E-state index is 5.82. The van der Waals surface area contributed by atoms with Gasteiger partial charge in [0.2, 0.25) is 0 Å².